The van der Waals surface area contributed by atoms with Crippen LogP contribution in [0.3, 0.4) is 0 Å². The van der Waals surface area contributed by atoms with Crippen LogP contribution in [-0.4, -0.2) is 0 Å². The second kappa shape index (κ2) is 16.7. The van der Waals surface area contributed by atoms with Crippen molar-refractivity contribution in [3.8, 4) is 66.8 Å². The second-order valence-electron chi connectivity index (χ2n) is 16.0. The molecule has 0 fully saturated rings. The highest BCUT2D eigenvalue weighted by Gasteiger charge is 2.26. The maximum absolute atomic E-state index is 2.54. The Balaban J connectivity index is 1.25. The molecule has 0 atom stereocenters. The van der Waals surface area contributed by atoms with Gasteiger partial charge in [-0.05, 0) is 89.8 Å². The Hall–Kier alpha value is -8.26. The molecule has 11 aromatic carbocycles. The molecule has 0 aliphatic rings. The van der Waals surface area contributed by atoms with Crippen molar-refractivity contribution in [1.82, 2.24) is 0 Å². The van der Waals surface area contributed by atoms with E-state index in [9.17, 15) is 0 Å². The quantitative estimate of drug-likeness (QED) is 0.141. The van der Waals surface area contributed by atoms with Crippen molar-refractivity contribution in [1.29, 1.82) is 0 Å². The van der Waals surface area contributed by atoms with Crippen LogP contribution in [0.1, 0.15) is 0 Å². The fourth-order valence-electron chi connectivity index (χ4n) is 9.52. The molecule has 296 valence electrons. The van der Waals surface area contributed by atoms with E-state index in [2.05, 4.69) is 266 Å². The molecule has 1 heteroatoms. The summed E-state index contributed by atoms with van der Waals surface area (Å²) in [6.07, 6.45) is 0. The van der Waals surface area contributed by atoms with E-state index < -0.39 is 0 Å². The smallest absolute Gasteiger partial charge is 0.0546 e. The van der Waals surface area contributed by atoms with Gasteiger partial charge < -0.3 is 4.90 Å². The summed E-state index contributed by atoms with van der Waals surface area (Å²) in [7, 11) is 0. The van der Waals surface area contributed by atoms with Crippen LogP contribution in [0.2, 0.25) is 0 Å². The van der Waals surface area contributed by atoms with Gasteiger partial charge in [-0.25, -0.2) is 0 Å². The number of fused-ring (bicyclic) bond motifs is 2. The lowest BCUT2D eigenvalue weighted by molar-refractivity contribution is 1.28. The fourth-order valence-corrected chi connectivity index (χ4v) is 9.52. The molecule has 0 saturated heterocycles. The third kappa shape index (κ3) is 6.96. The molecule has 0 unspecified atom stereocenters. The Bertz CT molecular complexity index is 3200. The Morgan fingerprint density at radius 3 is 0.937 bits per heavy atom. The van der Waals surface area contributed by atoms with Gasteiger partial charge in [0.05, 0.1) is 17.1 Å². The molecule has 1 nitrogen and oxygen atoms in total. The molecule has 0 spiro atoms. The van der Waals surface area contributed by atoms with E-state index in [4.69, 9.17) is 0 Å². The fraction of sp³-hybridized carbons (Fsp3) is 0. The Morgan fingerprint density at radius 2 is 0.492 bits per heavy atom. The molecule has 0 saturated carbocycles. The summed E-state index contributed by atoms with van der Waals surface area (Å²) in [5.41, 5.74) is 17.4. The average Bonchev–Trinajstić information content (AvgIpc) is 3.37. The van der Waals surface area contributed by atoms with Gasteiger partial charge in [-0.15, -0.1) is 0 Å². The van der Waals surface area contributed by atoms with Crippen LogP contribution in [-0.2, 0) is 0 Å². The number of rotatable bonds is 9. The van der Waals surface area contributed by atoms with Crippen molar-refractivity contribution in [3.05, 3.63) is 261 Å². The van der Waals surface area contributed by atoms with Crippen molar-refractivity contribution in [2.45, 2.75) is 0 Å². The number of nitrogens with zero attached hydrogens (tertiary/aromatic N) is 1. The summed E-state index contributed by atoms with van der Waals surface area (Å²) < 4.78 is 0. The zero-order valence-corrected chi connectivity index (χ0v) is 34.8. The molecule has 0 N–H and O–H groups in total. The van der Waals surface area contributed by atoms with E-state index >= 15 is 0 Å². The lowest BCUT2D eigenvalue weighted by atomic mass is 9.88. The van der Waals surface area contributed by atoms with Gasteiger partial charge in [0.2, 0.25) is 0 Å². The van der Waals surface area contributed by atoms with Crippen molar-refractivity contribution >= 4 is 38.6 Å². The van der Waals surface area contributed by atoms with Crippen molar-refractivity contribution < 1.29 is 0 Å². The minimum absolute atomic E-state index is 1.09. The van der Waals surface area contributed by atoms with Crippen LogP contribution in [0.5, 0.6) is 0 Å². The third-order valence-corrected chi connectivity index (χ3v) is 12.3. The zero-order valence-electron chi connectivity index (χ0n) is 34.8. The molecule has 11 aromatic rings. The number of hydrogen-bond donors (Lipinski definition) is 0. The van der Waals surface area contributed by atoms with Crippen LogP contribution in [0.4, 0.5) is 17.1 Å². The van der Waals surface area contributed by atoms with Crippen LogP contribution < -0.4 is 4.90 Å². The van der Waals surface area contributed by atoms with Gasteiger partial charge in [0.1, 0.15) is 0 Å². The van der Waals surface area contributed by atoms with Crippen LogP contribution >= 0.6 is 0 Å². The highest BCUT2D eigenvalue weighted by atomic mass is 15.2. The molecule has 0 amide bonds. The minimum atomic E-state index is 1.09. The molecular formula is C62H43N. The summed E-state index contributed by atoms with van der Waals surface area (Å²) in [6, 6.07) is 94.8. The number of benzene rings is 11. The summed E-state index contributed by atoms with van der Waals surface area (Å²) in [5.74, 6) is 0. The Kier molecular flexibility index (Phi) is 9.97. The molecule has 0 heterocycles. The highest BCUT2D eigenvalue weighted by Crippen LogP contribution is 2.52. The summed E-state index contributed by atoms with van der Waals surface area (Å²) in [6.45, 7) is 0. The van der Waals surface area contributed by atoms with E-state index in [0.717, 1.165) is 33.8 Å². The van der Waals surface area contributed by atoms with Gasteiger partial charge in [0, 0.05) is 16.7 Å². The lowest BCUT2D eigenvalue weighted by Gasteiger charge is -2.33. The molecule has 0 aliphatic heterocycles. The molecular weight excluding hydrogens is 759 g/mol. The van der Waals surface area contributed by atoms with Gasteiger partial charge >= 0.3 is 0 Å². The van der Waals surface area contributed by atoms with E-state index in [1.165, 1.54) is 71.6 Å². The van der Waals surface area contributed by atoms with Crippen LogP contribution in [0, 0.1) is 0 Å². The Morgan fingerprint density at radius 1 is 0.190 bits per heavy atom. The molecule has 11 rings (SSSR count). The van der Waals surface area contributed by atoms with Gasteiger partial charge in [-0.1, -0.05) is 243 Å². The average molecular weight is 802 g/mol. The Labute approximate surface area is 369 Å². The maximum Gasteiger partial charge on any atom is 0.0546 e. The first-order valence-corrected chi connectivity index (χ1v) is 21.7. The first kappa shape index (κ1) is 37.7. The maximum atomic E-state index is 2.54. The zero-order chi connectivity index (χ0) is 42.0. The SMILES string of the molecule is c1ccc(-c2cccc(N(c3ccccc3-c3cccc4cccc(-c5ccccc5)c34)c3ccccc3-c3cccc4cccc(-c5ccccc5)c34)c2-c2ccccc2)cc1. The summed E-state index contributed by atoms with van der Waals surface area (Å²) in [5, 5.41) is 4.87. The topological polar surface area (TPSA) is 3.24 Å². The largest absolute Gasteiger partial charge is 0.309 e. The first-order valence-electron chi connectivity index (χ1n) is 21.7. The standard InChI is InChI=1S/C62H43N/c1-5-22-44(23-6-1)50-36-17-30-47-32-19-39-55(60(47)50)53-34-13-15-41-57(53)63(59-43-21-38-52(46-26-9-3-10-27-46)62(59)49-28-11-4-12-29-49)58-42-16-14-35-54(58)56-40-20-33-48-31-18-37-51(61(48)56)45-24-7-2-8-25-45/h1-43H. The summed E-state index contributed by atoms with van der Waals surface area (Å²) in [4.78, 5) is 2.54. The number of para-hydroxylation sites is 2. The molecule has 63 heavy (non-hydrogen) atoms. The molecule has 0 aromatic heterocycles. The lowest BCUT2D eigenvalue weighted by Crippen LogP contribution is -2.14. The highest BCUT2D eigenvalue weighted by molar-refractivity contribution is 6.12. The van der Waals surface area contributed by atoms with Crippen LogP contribution in [0.15, 0.2) is 261 Å². The predicted molar refractivity (Wildman–Crippen MR) is 269 cm³/mol. The molecule has 0 bridgehead atoms. The predicted octanol–water partition coefficient (Wildman–Crippen LogP) is 17.5. The normalized spacial score (nSPS) is 11.2. The van der Waals surface area contributed by atoms with Crippen LogP contribution in [0.25, 0.3) is 88.3 Å². The van der Waals surface area contributed by atoms with Gasteiger partial charge in [-0.2, -0.15) is 0 Å². The van der Waals surface area contributed by atoms with Crippen molar-refractivity contribution in [3.63, 3.8) is 0 Å². The first-order chi connectivity index (χ1) is 31.3. The van der Waals surface area contributed by atoms with E-state index in [1.54, 1.807) is 0 Å². The second-order valence-corrected chi connectivity index (χ2v) is 16.0. The monoisotopic (exact) mass is 801 g/mol. The van der Waals surface area contributed by atoms with Gasteiger partial charge in [0.15, 0.2) is 0 Å². The van der Waals surface area contributed by atoms with E-state index in [-0.39, 0.29) is 0 Å². The minimum Gasteiger partial charge on any atom is -0.309 e. The molecule has 0 aliphatic carbocycles. The van der Waals surface area contributed by atoms with Crippen molar-refractivity contribution in [2.75, 3.05) is 4.90 Å². The van der Waals surface area contributed by atoms with Crippen molar-refractivity contribution in [2.24, 2.45) is 0 Å². The third-order valence-electron chi connectivity index (χ3n) is 12.3. The van der Waals surface area contributed by atoms with E-state index in [0.29, 0.717) is 0 Å². The molecule has 0 radical (unpaired) electrons. The van der Waals surface area contributed by atoms with E-state index in [1.807, 2.05) is 0 Å². The van der Waals surface area contributed by atoms with Gasteiger partial charge in [0.25, 0.3) is 0 Å². The summed E-state index contributed by atoms with van der Waals surface area (Å²) >= 11 is 0. The number of anilines is 3. The number of hydrogen-bond acceptors (Lipinski definition) is 1. The van der Waals surface area contributed by atoms with Gasteiger partial charge in [-0.3, -0.25) is 0 Å².